The lowest BCUT2D eigenvalue weighted by molar-refractivity contribution is 0.441. The highest BCUT2D eigenvalue weighted by Gasteiger charge is 2.22. The lowest BCUT2D eigenvalue weighted by Crippen LogP contribution is -2.32. The van der Waals surface area contributed by atoms with Crippen molar-refractivity contribution in [3.05, 3.63) is 46.6 Å². The van der Waals surface area contributed by atoms with Crippen LogP contribution in [0.2, 0.25) is 5.02 Å². The summed E-state index contributed by atoms with van der Waals surface area (Å²) in [5, 5.41) is 18.7. The Balaban J connectivity index is 1.77. The molecule has 120 valence electrons. The molecule has 1 atom stereocenters. The first kappa shape index (κ1) is 14.9. The highest BCUT2D eigenvalue weighted by atomic mass is 35.5. The van der Waals surface area contributed by atoms with E-state index in [0.29, 0.717) is 16.1 Å². The van der Waals surface area contributed by atoms with Crippen molar-refractivity contribution in [1.82, 2.24) is 19.7 Å². The van der Waals surface area contributed by atoms with E-state index in [0.717, 1.165) is 41.8 Å². The molecule has 7 heteroatoms. The van der Waals surface area contributed by atoms with Crippen molar-refractivity contribution in [3.8, 4) is 6.07 Å². The molecule has 3 heterocycles. The number of nitrogens with zero attached hydrogens (tertiary/aromatic N) is 5. The van der Waals surface area contributed by atoms with Gasteiger partial charge in [-0.1, -0.05) is 11.6 Å². The second kappa shape index (κ2) is 5.77. The number of nitriles is 1. The number of benzene rings is 1. The summed E-state index contributed by atoms with van der Waals surface area (Å²) in [6.07, 6.45) is 4.97. The van der Waals surface area contributed by atoms with Crippen LogP contribution in [0, 0.1) is 18.3 Å². The molecule has 0 unspecified atom stereocenters. The van der Waals surface area contributed by atoms with Crippen molar-refractivity contribution in [2.45, 2.75) is 32.4 Å². The molecule has 0 amide bonds. The number of rotatable bonds is 2. The van der Waals surface area contributed by atoms with E-state index < -0.39 is 0 Å². The third kappa shape index (κ3) is 2.47. The number of hydrogen-bond donors (Lipinski definition) is 1. The fourth-order valence-corrected chi connectivity index (χ4v) is 3.52. The second-order valence-corrected chi connectivity index (χ2v) is 6.45. The Bertz CT molecular complexity index is 971. The van der Waals surface area contributed by atoms with Crippen molar-refractivity contribution < 1.29 is 0 Å². The smallest absolute Gasteiger partial charge is 0.138 e. The Kier molecular flexibility index (Phi) is 3.58. The largest absolute Gasteiger partial charge is 0.379 e. The fourth-order valence-electron chi connectivity index (χ4n) is 3.19. The number of halogens is 1. The van der Waals surface area contributed by atoms with E-state index in [1.807, 2.05) is 23.7 Å². The Hall–Kier alpha value is -2.65. The average molecular weight is 339 g/mol. The van der Waals surface area contributed by atoms with Gasteiger partial charge in [-0.05, 0) is 31.0 Å². The van der Waals surface area contributed by atoms with Crippen molar-refractivity contribution in [2.75, 3.05) is 5.32 Å². The van der Waals surface area contributed by atoms with Crippen molar-refractivity contribution in [3.63, 3.8) is 0 Å². The maximum Gasteiger partial charge on any atom is 0.138 e. The summed E-state index contributed by atoms with van der Waals surface area (Å²) in [6, 6.07) is 6.30. The Morgan fingerprint density at radius 3 is 3.08 bits per heavy atom. The minimum atomic E-state index is 0.177. The van der Waals surface area contributed by atoms with Gasteiger partial charge in [-0.2, -0.15) is 10.4 Å². The monoisotopic (exact) mass is 338 g/mol. The average Bonchev–Trinajstić information content (AvgIpc) is 3.03. The molecule has 1 aliphatic rings. The van der Waals surface area contributed by atoms with Gasteiger partial charge in [0.05, 0.1) is 28.3 Å². The van der Waals surface area contributed by atoms with Gasteiger partial charge in [-0.15, -0.1) is 0 Å². The second-order valence-electron chi connectivity index (χ2n) is 6.04. The Morgan fingerprint density at radius 2 is 2.25 bits per heavy atom. The molecule has 3 aromatic rings. The highest BCUT2D eigenvalue weighted by Crippen LogP contribution is 2.32. The van der Waals surface area contributed by atoms with Gasteiger partial charge in [-0.3, -0.25) is 4.98 Å². The molecule has 0 spiro atoms. The number of aromatic nitrogens is 4. The van der Waals surface area contributed by atoms with Gasteiger partial charge < -0.3 is 5.32 Å². The first-order valence-electron chi connectivity index (χ1n) is 7.78. The van der Waals surface area contributed by atoms with Gasteiger partial charge in [0.15, 0.2) is 0 Å². The molecule has 4 rings (SSSR count). The van der Waals surface area contributed by atoms with Crippen molar-refractivity contribution >= 4 is 28.2 Å². The lowest BCUT2D eigenvalue weighted by atomic mass is 10.0. The molecule has 0 radical (unpaired) electrons. The van der Waals surface area contributed by atoms with Crippen LogP contribution in [0.3, 0.4) is 0 Å². The predicted octanol–water partition coefficient (Wildman–Crippen LogP) is 3.09. The standard InChI is InChI=1S/C17H15ClN6/c1-10-4-13-16(11(6-19)7-20-17(13)14(18)5-10)23-12-2-3-15-21-9-22-24(15)8-12/h4-5,7,9,12H,2-3,8H2,1H3,(H,20,23)/t12-/m0/s1. The van der Waals surface area contributed by atoms with Crippen LogP contribution < -0.4 is 5.32 Å². The first-order chi connectivity index (χ1) is 11.7. The summed E-state index contributed by atoms with van der Waals surface area (Å²) >= 11 is 6.33. The predicted molar refractivity (Wildman–Crippen MR) is 92.0 cm³/mol. The summed E-state index contributed by atoms with van der Waals surface area (Å²) in [5.41, 5.74) is 3.06. The SMILES string of the molecule is Cc1cc(Cl)c2ncc(C#N)c(N[C@H]3CCc4ncnn4C3)c2c1. The van der Waals surface area contributed by atoms with Crippen molar-refractivity contribution in [2.24, 2.45) is 0 Å². The van der Waals surface area contributed by atoms with Crippen molar-refractivity contribution in [1.29, 1.82) is 5.26 Å². The van der Waals surface area contributed by atoms with Crippen LogP contribution in [0.1, 0.15) is 23.4 Å². The minimum absolute atomic E-state index is 0.177. The van der Waals surface area contributed by atoms with Crippen LogP contribution in [0.4, 0.5) is 5.69 Å². The quantitative estimate of drug-likeness (QED) is 0.776. The summed E-state index contributed by atoms with van der Waals surface area (Å²) in [5.74, 6) is 1.01. The van der Waals surface area contributed by atoms with E-state index in [1.54, 1.807) is 12.5 Å². The molecule has 1 aromatic carbocycles. The van der Waals surface area contributed by atoms with Gasteiger partial charge in [-0.25, -0.2) is 9.67 Å². The number of anilines is 1. The zero-order valence-electron chi connectivity index (χ0n) is 13.1. The van der Waals surface area contributed by atoms with Crippen LogP contribution in [-0.4, -0.2) is 25.8 Å². The minimum Gasteiger partial charge on any atom is -0.379 e. The third-order valence-corrected chi connectivity index (χ3v) is 4.63. The van der Waals surface area contributed by atoms with Crippen LogP contribution >= 0.6 is 11.6 Å². The maximum absolute atomic E-state index is 9.48. The Morgan fingerprint density at radius 1 is 1.38 bits per heavy atom. The molecule has 0 saturated heterocycles. The van der Waals surface area contributed by atoms with Crippen LogP contribution in [-0.2, 0) is 13.0 Å². The normalized spacial score (nSPS) is 16.6. The van der Waals surface area contributed by atoms with E-state index in [4.69, 9.17) is 11.6 Å². The van der Waals surface area contributed by atoms with Gasteiger partial charge in [0, 0.05) is 24.0 Å². The molecule has 6 nitrogen and oxygen atoms in total. The molecular weight excluding hydrogens is 324 g/mol. The molecule has 0 saturated carbocycles. The number of fused-ring (bicyclic) bond motifs is 2. The zero-order chi connectivity index (χ0) is 16.7. The number of aryl methyl sites for hydroxylation is 2. The van der Waals surface area contributed by atoms with E-state index in [1.165, 1.54) is 0 Å². The van der Waals surface area contributed by atoms with Gasteiger partial charge in [0.25, 0.3) is 0 Å². The summed E-state index contributed by atoms with van der Waals surface area (Å²) in [4.78, 5) is 8.60. The van der Waals surface area contributed by atoms with Gasteiger partial charge >= 0.3 is 0 Å². The molecule has 24 heavy (non-hydrogen) atoms. The fraction of sp³-hybridized carbons (Fsp3) is 0.294. The molecular formula is C17H15ClN6. The van der Waals surface area contributed by atoms with E-state index >= 15 is 0 Å². The van der Waals surface area contributed by atoms with Crippen LogP contribution in [0.25, 0.3) is 10.9 Å². The van der Waals surface area contributed by atoms with Crippen LogP contribution in [0.5, 0.6) is 0 Å². The molecule has 1 N–H and O–H groups in total. The van der Waals surface area contributed by atoms with Gasteiger partial charge in [0.2, 0.25) is 0 Å². The van der Waals surface area contributed by atoms with E-state index in [2.05, 4.69) is 26.5 Å². The van der Waals surface area contributed by atoms with E-state index in [-0.39, 0.29) is 6.04 Å². The topological polar surface area (TPSA) is 79.4 Å². The molecule has 0 fully saturated rings. The summed E-state index contributed by atoms with van der Waals surface area (Å²) in [6.45, 7) is 2.71. The highest BCUT2D eigenvalue weighted by molar-refractivity contribution is 6.35. The van der Waals surface area contributed by atoms with Crippen LogP contribution in [0.15, 0.2) is 24.7 Å². The number of hydrogen-bond acceptors (Lipinski definition) is 5. The number of pyridine rings is 1. The Labute approximate surface area is 144 Å². The maximum atomic E-state index is 9.48. The zero-order valence-corrected chi connectivity index (χ0v) is 13.9. The summed E-state index contributed by atoms with van der Waals surface area (Å²) < 4.78 is 1.91. The molecule has 0 bridgehead atoms. The summed E-state index contributed by atoms with van der Waals surface area (Å²) in [7, 11) is 0. The number of nitrogens with one attached hydrogen (secondary N) is 1. The van der Waals surface area contributed by atoms with Gasteiger partial charge in [0.1, 0.15) is 18.2 Å². The lowest BCUT2D eigenvalue weighted by Gasteiger charge is -2.25. The first-order valence-corrected chi connectivity index (χ1v) is 8.15. The van der Waals surface area contributed by atoms with E-state index in [9.17, 15) is 5.26 Å². The third-order valence-electron chi connectivity index (χ3n) is 4.34. The molecule has 0 aliphatic carbocycles. The molecule has 2 aromatic heterocycles. The molecule has 1 aliphatic heterocycles.